The average Bonchev–Trinajstić information content (AvgIpc) is 2.05. The quantitative estimate of drug-likeness (QED) is 0.585. The third-order valence-electron chi connectivity index (χ3n) is 5.85. The van der Waals surface area contributed by atoms with Crippen LogP contribution < -0.4 is 0 Å². The highest BCUT2D eigenvalue weighted by Gasteiger charge is 3.06. The first-order valence-electron chi connectivity index (χ1n) is 4.54. The normalized spacial score (nSPS) is 88.2. The molecule has 6 aliphatic carbocycles. The zero-order valence-corrected chi connectivity index (χ0v) is 5.90. The van der Waals surface area contributed by atoms with Crippen molar-refractivity contribution in [2.24, 2.45) is 46.8 Å². The summed E-state index contributed by atoms with van der Waals surface area (Å²) in [5, 5.41) is 9.06. The predicted octanol–water partition coefficient (Wildman–Crippen LogP) is 0.439. The molecule has 0 aliphatic heterocycles. The summed E-state index contributed by atoms with van der Waals surface area (Å²) in [4.78, 5) is 11.0. The highest BCUT2D eigenvalue weighted by atomic mass is 16.4. The fraction of sp³-hybridized carbons (Fsp3) is 0.889. The van der Waals surface area contributed by atoms with Crippen LogP contribution in [0, 0.1) is 46.8 Å². The lowest BCUT2D eigenvalue weighted by Gasteiger charge is -3.06. The fourth-order valence-corrected chi connectivity index (χ4v) is 5.86. The first-order valence-corrected chi connectivity index (χ1v) is 4.54. The summed E-state index contributed by atoms with van der Waals surface area (Å²) in [5.41, 5.74) is -0.116. The van der Waals surface area contributed by atoms with Crippen LogP contribution in [0.2, 0.25) is 0 Å². The van der Waals surface area contributed by atoms with Crippen molar-refractivity contribution in [3.63, 3.8) is 0 Å². The number of hydrogen-bond acceptors (Lipinski definition) is 1. The van der Waals surface area contributed by atoms with Gasteiger partial charge in [0, 0.05) is 0 Å². The standard InChI is InChI=1S/C9H8O2/c10-8(11)9-5-2-1-3(5)7(9)4(1)6(2)9/h1-7H,(H,10,11). The lowest BCUT2D eigenvalue weighted by molar-refractivity contribution is -0.598. The van der Waals surface area contributed by atoms with Crippen LogP contribution in [-0.4, -0.2) is 11.1 Å². The molecular weight excluding hydrogens is 140 g/mol. The summed E-state index contributed by atoms with van der Waals surface area (Å²) < 4.78 is 0. The molecule has 6 aliphatic rings. The molecule has 2 nitrogen and oxygen atoms in total. The molecule has 0 bridgehead atoms. The maximum atomic E-state index is 11.0. The molecule has 1 N–H and O–H groups in total. The summed E-state index contributed by atoms with van der Waals surface area (Å²) in [6.45, 7) is 0. The van der Waals surface area contributed by atoms with Gasteiger partial charge in [0.05, 0.1) is 5.41 Å². The molecule has 56 valence electrons. The van der Waals surface area contributed by atoms with Crippen molar-refractivity contribution in [1.29, 1.82) is 0 Å². The van der Waals surface area contributed by atoms with E-state index in [1.54, 1.807) is 0 Å². The number of hydrogen-bond donors (Lipinski definition) is 1. The molecule has 6 rings (SSSR count). The number of carbonyl (C=O) groups is 1. The summed E-state index contributed by atoms with van der Waals surface area (Å²) in [7, 11) is 0. The molecule has 0 heterocycles. The van der Waals surface area contributed by atoms with Crippen molar-refractivity contribution in [2.75, 3.05) is 0 Å². The number of rotatable bonds is 1. The van der Waals surface area contributed by atoms with E-state index in [1.165, 1.54) is 0 Å². The molecule has 0 aromatic carbocycles. The van der Waals surface area contributed by atoms with Gasteiger partial charge < -0.3 is 5.11 Å². The minimum Gasteiger partial charge on any atom is -0.481 e. The van der Waals surface area contributed by atoms with Crippen LogP contribution >= 0.6 is 0 Å². The number of carboxylic acids is 1. The van der Waals surface area contributed by atoms with E-state index in [0.717, 1.165) is 23.7 Å². The van der Waals surface area contributed by atoms with Crippen LogP contribution in [-0.2, 0) is 4.79 Å². The van der Waals surface area contributed by atoms with Gasteiger partial charge in [0.15, 0.2) is 0 Å². The van der Waals surface area contributed by atoms with Gasteiger partial charge in [-0.25, -0.2) is 0 Å². The zero-order valence-electron chi connectivity index (χ0n) is 5.90. The monoisotopic (exact) mass is 148 g/mol. The molecule has 0 aromatic heterocycles. The number of carboxylic acid groups (broad SMARTS) is 1. The van der Waals surface area contributed by atoms with Gasteiger partial charge in [0.1, 0.15) is 0 Å². The Kier molecular flexibility index (Phi) is 0.319. The molecule has 6 saturated carbocycles. The van der Waals surface area contributed by atoms with Crippen molar-refractivity contribution < 1.29 is 9.90 Å². The second-order valence-corrected chi connectivity index (χ2v) is 5.12. The van der Waals surface area contributed by atoms with Crippen molar-refractivity contribution in [2.45, 2.75) is 0 Å². The van der Waals surface area contributed by atoms with Crippen LogP contribution in [0.15, 0.2) is 0 Å². The Morgan fingerprint density at radius 3 is 1.73 bits per heavy atom. The summed E-state index contributed by atoms with van der Waals surface area (Å²) in [5.74, 6) is 5.32. The van der Waals surface area contributed by atoms with Crippen molar-refractivity contribution >= 4 is 5.97 Å². The van der Waals surface area contributed by atoms with E-state index in [2.05, 4.69) is 0 Å². The topological polar surface area (TPSA) is 37.3 Å². The van der Waals surface area contributed by atoms with Crippen LogP contribution in [0.1, 0.15) is 0 Å². The Balaban J connectivity index is 1.78. The van der Waals surface area contributed by atoms with Crippen molar-refractivity contribution in [3.8, 4) is 0 Å². The molecule has 0 atom stereocenters. The largest absolute Gasteiger partial charge is 0.481 e. The van der Waals surface area contributed by atoms with Gasteiger partial charge in [0.25, 0.3) is 0 Å². The van der Waals surface area contributed by atoms with E-state index in [-0.39, 0.29) is 5.41 Å². The first kappa shape index (κ1) is 4.48. The van der Waals surface area contributed by atoms with E-state index in [1.807, 2.05) is 0 Å². The Hall–Kier alpha value is -0.530. The molecule has 0 spiro atoms. The van der Waals surface area contributed by atoms with Crippen LogP contribution in [0.25, 0.3) is 0 Å². The van der Waals surface area contributed by atoms with Gasteiger partial charge in [-0.2, -0.15) is 0 Å². The lowest BCUT2D eigenvalue weighted by Crippen LogP contribution is -3.06. The average molecular weight is 148 g/mol. The molecule has 11 heavy (non-hydrogen) atoms. The van der Waals surface area contributed by atoms with Gasteiger partial charge in [-0.15, -0.1) is 0 Å². The Bertz CT molecular complexity index is 282. The second kappa shape index (κ2) is 0.782. The van der Waals surface area contributed by atoms with E-state index in [4.69, 9.17) is 5.11 Å². The van der Waals surface area contributed by atoms with E-state index in [9.17, 15) is 4.79 Å². The molecule has 6 fully saturated rings. The first-order chi connectivity index (χ1) is 5.31. The van der Waals surface area contributed by atoms with Crippen LogP contribution in [0.3, 0.4) is 0 Å². The van der Waals surface area contributed by atoms with E-state index in [0.29, 0.717) is 17.8 Å². The number of aliphatic carboxylic acids is 1. The molecule has 0 saturated heterocycles. The van der Waals surface area contributed by atoms with Crippen molar-refractivity contribution in [3.05, 3.63) is 0 Å². The highest BCUT2D eigenvalue weighted by molar-refractivity contribution is 5.85. The maximum absolute atomic E-state index is 11.0. The third-order valence-corrected chi connectivity index (χ3v) is 5.85. The fourth-order valence-electron chi connectivity index (χ4n) is 5.86. The minimum atomic E-state index is -0.459. The summed E-state index contributed by atoms with van der Waals surface area (Å²) in [6, 6.07) is 0. The van der Waals surface area contributed by atoms with Crippen LogP contribution in [0.5, 0.6) is 0 Å². The van der Waals surface area contributed by atoms with Gasteiger partial charge in [-0.05, 0) is 41.4 Å². The predicted molar refractivity (Wildman–Crippen MR) is 34.5 cm³/mol. The van der Waals surface area contributed by atoms with Gasteiger partial charge in [-0.3, -0.25) is 4.79 Å². The zero-order chi connectivity index (χ0) is 7.12. The Morgan fingerprint density at radius 2 is 1.45 bits per heavy atom. The summed E-state index contributed by atoms with van der Waals surface area (Å²) in [6.07, 6.45) is 0. The van der Waals surface area contributed by atoms with Crippen LogP contribution in [0.4, 0.5) is 0 Å². The second-order valence-electron chi connectivity index (χ2n) is 5.12. The smallest absolute Gasteiger partial charge is 0.310 e. The SMILES string of the molecule is O=C(O)C12C3C4C5C3C1C5C42. The molecular formula is C9H8O2. The van der Waals surface area contributed by atoms with Gasteiger partial charge in [0.2, 0.25) is 0 Å². The Labute approximate surface area is 63.6 Å². The Morgan fingerprint density at radius 1 is 1.00 bits per heavy atom. The van der Waals surface area contributed by atoms with E-state index < -0.39 is 5.97 Å². The van der Waals surface area contributed by atoms with Gasteiger partial charge >= 0.3 is 5.97 Å². The van der Waals surface area contributed by atoms with E-state index >= 15 is 0 Å². The molecule has 0 radical (unpaired) electrons. The lowest BCUT2D eigenvalue weighted by atomic mass is 8.96. The van der Waals surface area contributed by atoms with Crippen molar-refractivity contribution in [1.82, 2.24) is 0 Å². The van der Waals surface area contributed by atoms with Gasteiger partial charge in [-0.1, -0.05) is 0 Å². The molecule has 0 unspecified atom stereocenters. The highest BCUT2D eigenvalue weighted by Crippen LogP contribution is 3.05. The molecule has 0 aromatic rings. The third kappa shape index (κ3) is 0.149. The minimum absolute atomic E-state index is 0.116. The maximum Gasteiger partial charge on any atom is 0.310 e. The molecule has 2 heteroatoms. The summed E-state index contributed by atoms with van der Waals surface area (Å²) >= 11 is 0. The molecule has 0 amide bonds.